The molecule has 4 nitrogen and oxygen atoms in total. The molecule has 1 aromatic rings. The normalized spacial score (nSPS) is 22.7. The molecular formula is C15H25BrN2O2+2. The lowest BCUT2D eigenvalue weighted by Crippen LogP contribution is -3.27. The SMILES string of the molecule is C[NH+]1CC[NH+](CCOCCOc2ccc(Br)cc2)CC1. The van der Waals surface area contributed by atoms with Gasteiger partial charge in [0.1, 0.15) is 45.1 Å². The molecule has 1 heterocycles. The summed E-state index contributed by atoms with van der Waals surface area (Å²) in [7, 11) is 2.27. The Bertz CT molecular complexity index is 378. The molecule has 0 spiro atoms. The number of piperazine rings is 1. The number of rotatable bonds is 7. The van der Waals surface area contributed by atoms with Crippen molar-refractivity contribution >= 4 is 15.9 Å². The molecule has 1 aliphatic rings. The lowest BCUT2D eigenvalue weighted by molar-refractivity contribution is -1.00. The van der Waals surface area contributed by atoms with Crippen molar-refractivity contribution in [2.75, 3.05) is 59.6 Å². The number of likely N-dealkylation sites (N-methyl/N-ethyl adjacent to an activating group) is 1. The third-order valence-corrected chi connectivity index (χ3v) is 4.25. The number of nitrogens with one attached hydrogen (secondary N) is 2. The molecule has 5 heteroatoms. The van der Waals surface area contributed by atoms with Crippen molar-refractivity contribution in [2.24, 2.45) is 0 Å². The van der Waals surface area contributed by atoms with Gasteiger partial charge < -0.3 is 19.3 Å². The first-order chi connectivity index (χ1) is 9.74. The van der Waals surface area contributed by atoms with Gasteiger partial charge in [0.2, 0.25) is 0 Å². The predicted molar refractivity (Wildman–Crippen MR) is 82.6 cm³/mol. The van der Waals surface area contributed by atoms with Crippen LogP contribution in [0.2, 0.25) is 0 Å². The van der Waals surface area contributed by atoms with Crippen molar-refractivity contribution in [3.63, 3.8) is 0 Å². The fraction of sp³-hybridized carbons (Fsp3) is 0.600. The van der Waals surface area contributed by atoms with E-state index in [0.29, 0.717) is 13.2 Å². The summed E-state index contributed by atoms with van der Waals surface area (Å²) in [6, 6.07) is 7.88. The summed E-state index contributed by atoms with van der Waals surface area (Å²) in [6.07, 6.45) is 0. The summed E-state index contributed by atoms with van der Waals surface area (Å²) in [5.74, 6) is 0.893. The Kier molecular flexibility index (Phi) is 6.79. The summed E-state index contributed by atoms with van der Waals surface area (Å²) in [5, 5.41) is 0. The second-order valence-corrected chi connectivity index (χ2v) is 6.29. The highest BCUT2D eigenvalue weighted by atomic mass is 79.9. The Morgan fingerprint density at radius 2 is 1.70 bits per heavy atom. The molecule has 1 aliphatic heterocycles. The molecule has 20 heavy (non-hydrogen) atoms. The minimum Gasteiger partial charge on any atom is -0.491 e. The van der Waals surface area contributed by atoms with Gasteiger partial charge in [-0.05, 0) is 24.3 Å². The lowest BCUT2D eigenvalue weighted by Gasteiger charge is -2.27. The largest absolute Gasteiger partial charge is 0.491 e. The Morgan fingerprint density at radius 3 is 2.40 bits per heavy atom. The monoisotopic (exact) mass is 344 g/mol. The molecule has 112 valence electrons. The molecule has 2 N–H and O–H groups in total. The van der Waals surface area contributed by atoms with Crippen LogP contribution >= 0.6 is 15.9 Å². The molecule has 0 atom stereocenters. The van der Waals surface area contributed by atoms with Crippen molar-refractivity contribution in [1.82, 2.24) is 0 Å². The third-order valence-electron chi connectivity index (χ3n) is 3.72. The summed E-state index contributed by atoms with van der Waals surface area (Å²) in [5.41, 5.74) is 0. The van der Waals surface area contributed by atoms with Crippen LogP contribution < -0.4 is 14.5 Å². The van der Waals surface area contributed by atoms with Gasteiger partial charge in [0.15, 0.2) is 0 Å². The van der Waals surface area contributed by atoms with Gasteiger partial charge in [0, 0.05) is 4.47 Å². The van der Waals surface area contributed by atoms with Crippen LogP contribution in [0.4, 0.5) is 0 Å². The minimum atomic E-state index is 0.615. The zero-order valence-electron chi connectivity index (χ0n) is 12.2. The number of ether oxygens (including phenoxy) is 2. The second-order valence-electron chi connectivity index (χ2n) is 5.37. The summed E-state index contributed by atoms with van der Waals surface area (Å²) < 4.78 is 12.3. The Balaban J connectivity index is 1.48. The minimum absolute atomic E-state index is 0.615. The van der Waals surface area contributed by atoms with Crippen LogP contribution in [-0.4, -0.2) is 59.6 Å². The van der Waals surface area contributed by atoms with Crippen molar-refractivity contribution in [1.29, 1.82) is 0 Å². The molecule has 0 aromatic heterocycles. The number of hydrogen-bond acceptors (Lipinski definition) is 2. The topological polar surface area (TPSA) is 27.3 Å². The van der Waals surface area contributed by atoms with Crippen LogP contribution in [-0.2, 0) is 4.74 Å². The fourth-order valence-corrected chi connectivity index (χ4v) is 2.61. The van der Waals surface area contributed by atoms with Crippen molar-refractivity contribution in [2.45, 2.75) is 0 Å². The Hall–Kier alpha value is -0.620. The molecule has 1 fully saturated rings. The molecule has 1 aromatic carbocycles. The Morgan fingerprint density at radius 1 is 1.00 bits per heavy atom. The number of hydrogen-bond donors (Lipinski definition) is 2. The average Bonchev–Trinajstić information content (AvgIpc) is 2.46. The molecule has 0 aliphatic carbocycles. The van der Waals surface area contributed by atoms with E-state index in [4.69, 9.17) is 9.47 Å². The molecule has 0 bridgehead atoms. The molecule has 0 unspecified atom stereocenters. The van der Waals surface area contributed by atoms with Gasteiger partial charge in [-0.25, -0.2) is 0 Å². The van der Waals surface area contributed by atoms with E-state index in [1.165, 1.54) is 26.2 Å². The first kappa shape index (κ1) is 15.8. The average molecular weight is 345 g/mol. The first-order valence-electron chi connectivity index (χ1n) is 7.35. The van der Waals surface area contributed by atoms with Crippen LogP contribution in [0.25, 0.3) is 0 Å². The molecule has 1 saturated heterocycles. The van der Waals surface area contributed by atoms with Gasteiger partial charge in [-0.1, -0.05) is 15.9 Å². The smallest absolute Gasteiger partial charge is 0.127 e. The van der Waals surface area contributed by atoms with E-state index in [1.54, 1.807) is 9.80 Å². The number of quaternary nitrogens is 2. The molecule has 0 amide bonds. The van der Waals surface area contributed by atoms with Crippen LogP contribution in [0.15, 0.2) is 28.7 Å². The van der Waals surface area contributed by atoms with E-state index in [2.05, 4.69) is 23.0 Å². The van der Waals surface area contributed by atoms with Crippen molar-refractivity contribution in [3.8, 4) is 5.75 Å². The molecule has 2 rings (SSSR count). The zero-order valence-corrected chi connectivity index (χ0v) is 13.7. The van der Waals surface area contributed by atoms with Crippen LogP contribution in [0.5, 0.6) is 5.75 Å². The van der Waals surface area contributed by atoms with E-state index >= 15 is 0 Å². The van der Waals surface area contributed by atoms with E-state index in [-0.39, 0.29) is 0 Å². The summed E-state index contributed by atoms with van der Waals surface area (Å²) in [6.45, 7) is 8.32. The second kappa shape index (κ2) is 8.62. The summed E-state index contributed by atoms with van der Waals surface area (Å²) in [4.78, 5) is 3.32. The van der Waals surface area contributed by atoms with Crippen LogP contribution in [0, 0.1) is 0 Å². The van der Waals surface area contributed by atoms with Gasteiger partial charge in [0.05, 0.1) is 20.3 Å². The van der Waals surface area contributed by atoms with Crippen LogP contribution in [0.1, 0.15) is 0 Å². The summed E-state index contributed by atoms with van der Waals surface area (Å²) >= 11 is 3.41. The van der Waals surface area contributed by atoms with Gasteiger partial charge in [0.25, 0.3) is 0 Å². The van der Waals surface area contributed by atoms with E-state index in [1.807, 2.05) is 24.3 Å². The third kappa shape index (κ3) is 5.79. The zero-order chi connectivity index (χ0) is 14.2. The van der Waals surface area contributed by atoms with Gasteiger partial charge in [-0.3, -0.25) is 0 Å². The highest BCUT2D eigenvalue weighted by Crippen LogP contribution is 2.15. The Labute approximate surface area is 129 Å². The quantitative estimate of drug-likeness (QED) is 0.637. The molecule has 0 radical (unpaired) electrons. The standard InChI is InChI=1S/C15H23BrN2O2/c1-17-6-8-18(9-7-17)10-11-19-12-13-20-15-4-2-14(16)3-5-15/h2-5H,6-13H2,1H3/p+2. The maximum Gasteiger partial charge on any atom is 0.127 e. The fourth-order valence-electron chi connectivity index (χ4n) is 2.35. The van der Waals surface area contributed by atoms with Gasteiger partial charge >= 0.3 is 0 Å². The van der Waals surface area contributed by atoms with E-state index in [9.17, 15) is 0 Å². The van der Waals surface area contributed by atoms with Crippen molar-refractivity contribution < 1.29 is 19.3 Å². The number of benzene rings is 1. The maximum absolute atomic E-state index is 5.65. The van der Waals surface area contributed by atoms with Crippen molar-refractivity contribution in [3.05, 3.63) is 28.7 Å². The lowest BCUT2D eigenvalue weighted by atomic mass is 10.3. The van der Waals surface area contributed by atoms with E-state index < -0.39 is 0 Å². The first-order valence-corrected chi connectivity index (χ1v) is 8.14. The number of halogens is 1. The van der Waals surface area contributed by atoms with Gasteiger partial charge in [-0.2, -0.15) is 0 Å². The highest BCUT2D eigenvalue weighted by Gasteiger charge is 2.18. The van der Waals surface area contributed by atoms with Gasteiger partial charge in [-0.15, -0.1) is 0 Å². The van der Waals surface area contributed by atoms with E-state index in [0.717, 1.165) is 23.4 Å². The molecule has 0 saturated carbocycles. The predicted octanol–water partition coefficient (Wildman–Crippen LogP) is -0.742. The highest BCUT2D eigenvalue weighted by molar-refractivity contribution is 9.10. The molecular weight excluding hydrogens is 320 g/mol. The van der Waals surface area contributed by atoms with Crippen LogP contribution in [0.3, 0.4) is 0 Å². The maximum atomic E-state index is 5.65.